The number of hydrogen-bond acceptors (Lipinski definition) is 5. The quantitative estimate of drug-likeness (QED) is 0.393. The van der Waals surface area contributed by atoms with Gasteiger partial charge in [0.1, 0.15) is 18.0 Å². The van der Waals surface area contributed by atoms with Crippen LogP contribution in [0.3, 0.4) is 0 Å². The number of halogens is 2. The first-order chi connectivity index (χ1) is 14.1. The largest absolute Gasteiger partial charge is 0.459 e. The van der Waals surface area contributed by atoms with Crippen molar-refractivity contribution in [3.63, 3.8) is 0 Å². The molecule has 0 radical (unpaired) electrons. The van der Waals surface area contributed by atoms with E-state index >= 15 is 0 Å². The number of thioether (sulfide) groups is 1. The number of fused-ring (bicyclic) bond motifs is 1. The summed E-state index contributed by atoms with van der Waals surface area (Å²) in [6, 6.07) is 6.21. The molecule has 0 amide bonds. The van der Waals surface area contributed by atoms with Crippen molar-refractivity contribution in [2.75, 3.05) is 6.67 Å². The number of hydrogen-bond donors (Lipinski definition) is 0. The Hall–Kier alpha value is -2.22. The molecule has 0 bridgehead atoms. The molecular weight excluding hydrogens is 408 g/mol. The standard InChI is InChI=1S/C20H23FN2O3S.C2H5F/c1-20(2,3)26-17(24)11-23-16-6-4-5-15(16)18(25)22-19(23)27-12-13-7-9-14(21)10-8-13;1-2-3/h7-10H,4-6,11-12H2,1-3H3;2H2,1H3/i21-1;3-1. The number of carbonyl (C=O) groups excluding carboxylic acids is 1. The molecule has 1 aliphatic carbocycles. The van der Waals surface area contributed by atoms with Crippen LogP contribution in [-0.4, -0.2) is 27.8 Å². The van der Waals surface area contributed by atoms with E-state index in [0.717, 1.165) is 24.1 Å². The Bertz CT molecular complexity index is 922. The molecule has 2 aromatic rings. The number of benzene rings is 1. The van der Waals surface area contributed by atoms with Crippen molar-refractivity contribution in [2.24, 2.45) is 0 Å². The second-order valence-electron chi connectivity index (χ2n) is 7.83. The van der Waals surface area contributed by atoms with Gasteiger partial charge in [-0.15, -0.1) is 0 Å². The lowest BCUT2D eigenvalue weighted by molar-refractivity contribution is -0.155. The van der Waals surface area contributed by atoms with Crippen LogP contribution in [-0.2, 0) is 34.7 Å². The molecule has 1 aliphatic rings. The van der Waals surface area contributed by atoms with Crippen LogP contribution in [0.1, 0.15) is 50.9 Å². The number of carbonyl (C=O) groups is 1. The predicted molar refractivity (Wildman–Crippen MR) is 114 cm³/mol. The highest BCUT2D eigenvalue weighted by molar-refractivity contribution is 7.98. The minimum atomic E-state index is -0.575. The smallest absolute Gasteiger partial charge is 0.326 e. The topological polar surface area (TPSA) is 61.2 Å². The van der Waals surface area contributed by atoms with Crippen LogP contribution in [0.25, 0.3) is 0 Å². The van der Waals surface area contributed by atoms with Crippen molar-refractivity contribution >= 4 is 17.7 Å². The molecule has 30 heavy (non-hydrogen) atoms. The van der Waals surface area contributed by atoms with E-state index in [1.165, 1.54) is 30.8 Å². The normalized spacial score (nSPS) is 12.7. The average Bonchev–Trinajstić information content (AvgIpc) is 3.14. The maximum atomic E-state index is 13.1. The Labute approximate surface area is 179 Å². The van der Waals surface area contributed by atoms with Crippen molar-refractivity contribution < 1.29 is 18.3 Å². The third-order valence-corrected chi connectivity index (χ3v) is 5.24. The van der Waals surface area contributed by atoms with Crippen molar-refractivity contribution in [3.8, 4) is 0 Å². The SMILES string of the molecule is CC(C)(C)OC(=O)Cn1c(SCc2ccc([18F])cc2)nc(=O)c2c1CCC2.CC[18F]. The maximum Gasteiger partial charge on any atom is 0.326 e. The highest BCUT2D eigenvalue weighted by Crippen LogP contribution is 2.26. The van der Waals surface area contributed by atoms with Gasteiger partial charge in [-0.1, -0.05) is 23.9 Å². The number of alkyl halides is 1. The lowest BCUT2D eigenvalue weighted by atomic mass is 10.2. The Kier molecular flexibility index (Phi) is 8.58. The monoisotopic (exact) mass is 436 g/mol. The van der Waals surface area contributed by atoms with Crippen LogP contribution in [0.4, 0.5) is 8.78 Å². The van der Waals surface area contributed by atoms with Crippen molar-refractivity contribution in [1.29, 1.82) is 0 Å². The van der Waals surface area contributed by atoms with Crippen LogP contribution in [0.15, 0.2) is 34.2 Å². The Morgan fingerprint density at radius 3 is 2.47 bits per heavy atom. The third kappa shape index (κ3) is 6.93. The van der Waals surface area contributed by atoms with Crippen molar-refractivity contribution in [1.82, 2.24) is 9.55 Å². The fourth-order valence-electron chi connectivity index (χ4n) is 3.09. The van der Waals surface area contributed by atoms with Gasteiger partial charge < -0.3 is 9.30 Å². The second-order valence-corrected chi connectivity index (χ2v) is 8.78. The van der Waals surface area contributed by atoms with Gasteiger partial charge in [-0.05, 0) is 64.7 Å². The Morgan fingerprint density at radius 1 is 1.23 bits per heavy atom. The number of nitrogens with zero attached hydrogens (tertiary/aromatic N) is 2. The molecule has 164 valence electrons. The predicted octanol–water partition coefficient (Wildman–Crippen LogP) is 4.48. The van der Waals surface area contributed by atoms with Gasteiger partial charge in [-0.25, -0.2) is 4.39 Å². The van der Waals surface area contributed by atoms with E-state index in [-0.39, 0.29) is 30.6 Å². The van der Waals surface area contributed by atoms with Gasteiger partial charge in [0, 0.05) is 17.0 Å². The summed E-state index contributed by atoms with van der Waals surface area (Å²) in [6.07, 6.45) is 2.32. The minimum absolute atomic E-state index is 0.0264. The first kappa shape index (κ1) is 24.1. The van der Waals surface area contributed by atoms with E-state index in [1.807, 2.05) is 25.3 Å². The van der Waals surface area contributed by atoms with E-state index in [1.54, 1.807) is 12.1 Å². The van der Waals surface area contributed by atoms with E-state index < -0.39 is 5.60 Å². The van der Waals surface area contributed by atoms with Crippen LogP contribution in [0, 0.1) is 5.82 Å². The second kappa shape index (κ2) is 10.7. The number of esters is 1. The summed E-state index contributed by atoms with van der Waals surface area (Å²) >= 11 is 1.37. The Morgan fingerprint density at radius 2 is 1.87 bits per heavy atom. The average molecular weight is 437 g/mol. The Balaban J connectivity index is 0.00000101. The molecule has 0 atom stereocenters. The van der Waals surface area contributed by atoms with Crippen LogP contribution in [0.2, 0.25) is 0 Å². The van der Waals surface area contributed by atoms with Gasteiger partial charge in [0.25, 0.3) is 5.56 Å². The lowest BCUT2D eigenvalue weighted by Crippen LogP contribution is -2.29. The fourth-order valence-corrected chi connectivity index (χ4v) is 4.06. The zero-order valence-corrected chi connectivity index (χ0v) is 18.7. The van der Waals surface area contributed by atoms with Crippen LogP contribution >= 0.6 is 11.8 Å². The van der Waals surface area contributed by atoms with Crippen LogP contribution < -0.4 is 5.56 Å². The molecule has 1 heterocycles. The number of ether oxygens (including phenoxy) is 1. The molecule has 0 unspecified atom stereocenters. The molecule has 8 heteroatoms. The van der Waals surface area contributed by atoms with Gasteiger partial charge in [0.2, 0.25) is 0 Å². The highest BCUT2D eigenvalue weighted by Gasteiger charge is 2.25. The van der Waals surface area contributed by atoms with E-state index in [2.05, 4.69) is 4.98 Å². The fraction of sp³-hybridized carbons (Fsp3) is 0.500. The summed E-state index contributed by atoms with van der Waals surface area (Å²) in [7, 11) is 0. The minimum Gasteiger partial charge on any atom is -0.459 e. The highest BCUT2D eigenvalue weighted by atomic mass is 32.2. The molecule has 0 saturated heterocycles. The molecular formula is C22H28F2N2O3S. The molecule has 0 saturated carbocycles. The first-order valence-electron chi connectivity index (χ1n) is 9.92. The molecule has 1 aromatic heterocycles. The van der Waals surface area contributed by atoms with Crippen molar-refractivity contribution in [3.05, 3.63) is 57.3 Å². The zero-order chi connectivity index (χ0) is 22.3. The molecule has 3 rings (SSSR count). The maximum absolute atomic E-state index is 13.1. The van der Waals surface area contributed by atoms with E-state index in [0.29, 0.717) is 22.9 Å². The molecule has 5 nitrogen and oxygen atoms in total. The molecule has 0 spiro atoms. The van der Waals surface area contributed by atoms with Crippen LogP contribution in [0.5, 0.6) is 0 Å². The molecule has 0 N–H and O–H groups in total. The van der Waals surface area contributed by atoms with Gasteiger partial charge in [0.05, 0.1) is 6.67 Å². The zero-order valence-electron chi connectivity index (χ0n) is 17.8. The molecule has 0 aliphatic heterocycles. The third-order valence-electron chi connectivity index (χ3n) is 4.19. The van der Waals surface area contributed by atoms with Gasteiger partial charge >= 0.3 is 5.97 Å². The first-order valence-corrected chi connectivity index (χ1v) is 10.9. The summed E-state index contributed by atoms with van der Waals surface area (Å²) in [5, 5.41) is 0.496. The number of aromatic nitrogens is 2. The molecule has 1 aromatic carbocycles. The van der Waals surface area contributed by atoms with Gasteiger partial charge in [-0.3, -0.25) is 14.0 Å². The lowest BCUT2D eigenvalue weighted by Gasteiger charge is -2.22. The summed E-state index contributed by atoms with van der Waals surface area (Å²) < 4.78 is 30.6. The summed E-state index contributed by atoms with van der Waals surface area (Å²) in [6.45, 7) is 6.70. The van der Waals surface area contributed by atoms with E-state index in [4.69, 9.17) is 4.74 Å². The van der Waals surface area contributed by atoms with E-state index in [9.17, 15) is 18.4 Å². The summed E-state index contributed by atoms with van der Waals surface area (Å²) in [5.41, 5.74) is 1.70. The molecule has 0 fully saturated rings. The summed E-state index contributed by atoms with van der Waals surface area (Å²) in [5.74, 6) is -0.119. The van der Waals surface area contributed by atoms with Gasteiger partial charge in [0.15, 0.2) is 5.16 Å². The summed E-state index contributed by atoms with van der Waals surface area (Å²) in [4.78, 5) is 28.9. The number of rotatable bonds is 5. The van der Waals surface area contributed by atoms with Crippen molar-refractivity contribution in [2.45, 2.75) is 70.0 Å². The van der Waals surface area contributed by atoms with Gasteiger partial charge in [-0.2, -0.15) is 4.98 Å².